The molecule has 0 radical (unpaired) electrons. The van der Waals surface area contributed by atoms with E-state index < -0.39 is 7.26 Å². The third kappa shape index (κ3) is 1.81. The zero-order chi connectivity index (χ0) is 20.9. The highest BCUT2D eigenvalue weighted by Gasteiger charge is 2.68. The maximum absolute atomic E-state index is 2.71. The molecule has 0 spiro atoms. The van der Waals surface area contributed by atoms with E-state index in [0.29, 0.717) is 5.78 Å². The molecule has 32 heavy (non-hydrogen) atoms. The molecule has 5 aromatic carbocycles. The molecule has 2 heteroatoms. The highest BCUT2D eigenvalue weighted by Crippen LogP contribution is 2.70. The quantitative estimate of drug-likeness (QED) is 0.147. The Balaban J connectivity index is 1.68. The van der Waals surface area contributed by atoms with E-state index in [1.54, 1.807) is 0 Å². The van der Waals surface area contributed by atoms with Gasteiger partial charge in [0.15, 0.2) is 12.6 Å². The van der Waals surface area contributed by atoms with Crippen molar-refractivity contribution < 1.29 is 4.57 Å². The number of rotatable bonds is 2. The van der Waals surface area contributed by atoms with Crippen LogP contribution in [0, 0.1) is 0 Å². The van der Waals surface area contributed by atoms with E-state index in [1.807, 2.05) is 0 Å². The SMILES string of the molecule is c1ccc([P+]2(c3ccccc3)c3cccc4cc5ccc6cccc7c6c5[n+](c34)C72)cc1. The Hall–Kier alpha value is -3.54. The summed E-state index contributed by atoms with van der Waals surface area (Å²) in [5, 5.41) is 9.94. The summed E-state index contributed by atoms with van der Waals surface area (Å²) in [5.41, 5.74) is 4.32. The molecule has 0 saturated heterocycles. The molecule has 0 amide bonds. The van der Waals surface area contributed by atoms with Crippen molar-refractivity contribution in [3.8, 4) is 0 Å². The summed E-state index contributed by atoms with van der Waals surface area (Å²) in [7, 11) is -1.98. The number of para-hydroxylation sites is 1. The van der Waals surface area contributed by atoms with Gasteiger partial charge in [0.1, 0.15) is 10.6 Å². The minimum Gasteiger partial charge on any atom is -0.145 e. The lowest BCUT2D eigenvalue weighted by molar-refractivity contribution is -0.633. The Bertz CT molecular complexity index is 1680. The van der Waals surface area contributed by atoms with E-state index in [0.717, 1.165) is 0 Å². The van der Waals surface area contributed by atoms with Gasteiger partial charge in [-0.15, -0.1) is 4.57 Å². The van der Waals surface area contributed by atoms with Gasteiger partial charge >= 0.3 is 0 Å². The van der Waals surface area contributed by atoms with Crippen molar-refractivity contribution in [1.29, 1.82) is 0 Å². The van der Waals surface area contributed by atoms with Crippen LogP contribution in [-0.2, 0) is 0 Å². The summed E-state index contributed by atoms with van der Waals surface area (Å²) in [6.07, 6.45) is 0. The minimum absolute atomic E-state index is 0.303. The highest BCUT2D eigenvalue weighted by molar-refractivity contribution is 7.96. The van der Waals surface area contributed by atoms with Gasteiger partial charge in [-0.2, -0.15) is 0 Å². The molecule has 6 aromatic rings. The lowest BCUT2D eigenvalue weighted by Gasteiger charge is -2.24. The Morgan fingerprint density at radius 2 is 1.16 bits per heavy atom. The normalized spacial score (nSPS) is 17.3. The monoisotopic (exact) mass is 425 g/mol. The summed E-state index contributed by atoms with van der Waals surface area (Å²) in [5.74, 6) is 0.303. The zero-order valence-electron chi connectivity index (χ0n) is 17.4. The molecule has 0 fully saturated rings. The van der Waals surface area contributed by atoms with Gasteiger partial charge < -0.3 is 0 Å². The molecule has 8 rings (SSSR count). The molecule has 1 atom stereocenters. The number of hydrogen-bond acceptors (Lipinski definition) is 0. The van der Waals surface area contributed by atoms with Gasteiger partial charge in [-0.25, -0.2) is 0 Å². The predicted molar refractivity (Wildman–Crippen MR) is 136 cm³/mol. The van der Waals surface area contributed by atoms with Crippen LogP contribution in [0.15, 0.2) is 115 Å². The first-order valence-corrected chi connectivity index (χ1v) is 13.1. The Morgan fingerprint density at radius 1 is 0.531 bits per heavy atom. The largest absolute Gasteiger partial charge is 0.298 e. The number of pyridine rings is 1. The van der Waals surface area contributed by atoms with Gasteiger partial charge in [0.2, 0.25) is 5.52 Å². The van der Waals surface area contributed by atoms with Crippen LogP contribution in [0.3, 0.4) is 0 Å². The summed E-state index contributed by atoms with van der Waals surface area (Å²) in [6.45, 7) is 0. The number of aromatic nitrogens is 1. The van der Waals surface area contributed by atoms with Crippen LogP contribution in [0.25, 0.3) is 32.6 Å². The van der Waals surface area contributed by atoms with Crippen LogP contribution in [0.2, 0.25) is 0 Å². The van der Waals surface area contributed by atoms with Crippen LogP contribution >= 0.6 is 7.26 Å². The smallest absolute Gasteiger partial charge is 0.145 e. The third-order valence-corrected chi connectivity index (χ3v) is 12.1. The fourth-order valence-electron chi connectivity index (χ4n) is 6.42. The molecule has 0 aliphatic carbocycles. The van der Waals surface area contributed by atoms with Gasteiger partial charge in [-0.1, -0.05) is 60.7 Å². The summed E-state index contributed by atoms with van der Waals surface area (Å²) in [6, 6.07) is 43.5. The third-order valence-electron chi connectivity index (χ3n) is 7.52. The van der Waals surface area contributed by atoms with E-state index in [1.165, 1.54) is 54.1 Å². The first-order valence-electron chi connectivity index (χ1n) is 11.2. The number of benzene rings is 5. The van der Waals surface area contributed by atoms with Crippen LogP contribution < -0.4 is 20.5 Å². The molecule has 2 aliphatic heterocycles. The Morgan fingerprint density at radius 3 is 1.91 bits per heavy atom. The molecular formula is C30H20NP+2. The van der Waals surface area contributed by atoms with Crippen molar-refractivity contribution in [3.05, 3.63) is 121 Å². The molecule has 0 saturated carbocycles. The maximum Gasteiger partial charge on any atom is 0.298 e. The summed E-state index contributed by atoms with van der Waals surface area (Å²) >= 11 is 0. The molecule has 3 heterocycles. The van der Waals surface area contributed by atoms with Crippen LogP contribution in [0.5, 0.6) is 0 Å². The number of fused-ring (bicyclic) bond motifs is 1. The second kappa shape index (κ2) is 5.82. The zero-order valence-corrected chi connectivity index (χ0v) is 18.3. The van der Waals surface area contributed by atoms with Crippen molar-refractivity contribution in [1.82, 2.24) is 0 Å². The maximum atomic E-state index is 2.71. The van der Waals surface area contributed by atoms with Crippen molar-refractivity contribution >= 4 is 55.8 Å². The van der Waals surface area contributed by atoms with Gasteiger partial charge in [0, 0.05) is 5.39 Å². The standard InChI is InChI=1S/C30H20NP/c1-3-11-23(12-4-1)32(24-13-5-2-6-14-24)26-16-8-10-21-19-22-18-17-20-9-7-15-25-27(20)29(22)31(28(21)26)30(25)32/h1-19,30H/q+2. The van der Waals surface area contributed by atoms with E-state index in [2.05, 4.69) is 120 Å². The summed E-state index contributed by atoms with van der Waals surface area (Å²) < 4.78 is 2.71. The predicted octanol–water partition coefficient (Wildman–Crippen LogP) is 5.60. The number of hydrogen-bond donors (Lipinski definition) is 0. The van der Waals surface area contributed by atoms with Gasteiger partial charge in [0.05, 0.1) is 16.3 Å². The van der Waals surface area contributed by atoms with Crippen LogP contribution in [0.1, 0.15) is 11.3 Å². The molecular weight excluding hydrogens is 405 g/mol. The van der Waals surface area contributed by atoms with Crippen LogP contribution in [-0.4, -0.2) is 0 Å². The topological polar surface area (TPSA) is 3.88 Å². The number of nitrogens with zero attached hydrogens (tertiary/aromatic N) is 1. The summed E-state index contributed by atoms with van der Waals surface area (Å²) in [4.78, 5) is 0. The van der Waals surface area contributed by atoms with Gasteiger partial charge in [-0.3, -0.25) is 0 Å². The lowest BCUT2D eigenvalue weighted by Crippen LogP contribution is -2.40. The first kappa shape index (κ1) is 17.1. The van der Waals surface area contributed by atoms with E-state index >= 15 is 0 Å². The van der Waals surface area contributed by atoms with Crippen molar-refractivity contribution in [3.63, 3.8) is 0 Å². The fourth-order valence-corrected chi connectivity index (χ4v) is 11.5. The van der Waals surface area contributed by atoms with Gasteiger partial charge in [0.25, 0.3) is 11.3 Å². The fraction of sp³-hybridized carbons (Fsp3) is 0.0333. The molecule has 0 bridgehead atoms. The minimum atomic E-state index is -1.98. The molecule has 1 unspecified atom stereocenters. The Labute approximate surface area is 186 Å². The first-order chi connectivity index (χ1) is 15.9. The van der Waals surface area contributed by atoms with Crippen molar-refractivity contribution in [2.24, 2.45) is 0 Å². The van der Waals surface area contributed by atoms with E-state index in [-0.39, 0.29) is 0 Å². The van der Waals surface area contributed by atoms with E-state index in [4.69, 9.17) is 0 Å². The average Bonchev–Trinajstić information content (AvgIpc) is 3.37. The second-order valence-electron chi connectivity index (χ2n) is 8.95. The average molecular weight is 425 g/mol. The molecule has 1 aromatic heterocycles. The Kier molecular flexibility index (Phi) is 3.11. The van der Waals surface area contributed by atoms with Crippen molar-refractivity contribution in [2.45, 2.75) is 5.78 Å². The molecule has 148 valence electrons. The molecule has 1 nitrogen and oxygen atoms in total. The molecule has 2 aliphatic rings. The molecule has 0 N–H and O–H groups in total. The van der Waals surface area contributed by atoms with Crippen LogP contribution in [0.4, 0.5) is 0 Å². The second-order valence-corrected chi connectivity index (χ2v) is 12.4. The van der Waals surface area contributed by atoms with E-state index in [9.17, 15) is 0 Å². The van der Waals surface area contributed by atoms with Gasteiger partial charge in [-0.05, 0) is 60.0 Å². The highest BCUT2D eigenvalue weighted by atomic mass is 31.2. The van der Waals surface area contributed by atoms with Crippen molar-refractivity contribution in [2.75, 3.05) is 0 Å². The lowest BCUT2D eigenvalue weighted by atomic mass is 10.0.